The highest BCUT2D eigenvalue weighted by molar-refractivity contribution is 5.65. The molecule has 1 aromatic rings. The maximum absolute atomic E-state index is 12.3. The number of hydrogen-bond acceptors (Lipinski definition) is 2. The van der Waals surface area contributed by atoms with E-state index < -0.39 is 12.5 Å². The minimum absolute atomic E-state index is 0.150. The topological polar surface area (TPSA) is 49.8 Å². The molecule has 1 aliphatic carbocycles. The van der Waals surface area contributed by atoms with Crippen LogP contribution in [0, 0.1) is 5.41 Å². The second-order valence-corrected chi connectivity index (χ2v) is 6.50. The van der Waals surface area contributed by atoms with Crippen LogP contribution in [-0.4, -0.2) is 35.6 Å². The number of benzene rings is 1. The second-order valence-electron chi connectivity index (χ2n) is 6.50. The summed E-state index contributed by atoms with van der Waals surface area (Å²) in [5.41, 5.74) is 1.01. The van der Waals surface area contributed by atoms with Crippen LogP contribution >= 0.6 is 0 Å². The van der Waals surface area contributed by atoms with Crippen molar-refractivity contribution in [1.29, 1.82) is 0 Å². The molecule has 3 rings (SSSR count). The molecule has 0 atom stereocenters. The van der Waals surface area contributed by atoms with Gasteiger partial charge in [-0.1, -0.05) is 12.1 Å². The molecular weight excluding hydrogens is 311 g/mol. The molecule has 1 N–H and O–H groups in total. The van der Waals surface area contributed by atoms with Crippen LogP contribution in [0.1, 0.15) is 37.2 Å². The van der Waals surface area contributed by atoms with Crippen LogP contribution in [0.3, 0.4) is 0 Å². The Morgan fingerprint density at radius 1 is 1.26 bits per heavy atom. The van der Waals surface area contributed by atoms with Gasteiger partial charge in [0.1, 0.15) is 5.75 Å². The SMILES string of the molecule is O=C(O)N1CCC2(CC1)CC(c1cccc(OC(F)(F)F)c1)C2. The van der Waals surface area contributed by atoms with E-state index in [1.807, 2.05) is 6.07 Å². The third kappa shape index (κ3) is 3.54. The van der Waals surface area contributed by atoms with Crippen molar-refractivity contribution in [3.8, 4) is 5.75 Å². The Kier molecular flexibility index (Phi) is 3.90. The zero-order valence-electron chi connectivity index (χ0n) is 12.5. The van der Waals surface area contributed by atoms with Gasteiger partial charge in [-0.15, -0.1) is 13.2 Å². The molecule has 0 radical (unpaired) electrons. The van der Waals surface area contributed by atoms with Crippen LogP contribution in [0.2, 0.25) is 0 Å². The maximum Gasteiger partial charge on any atom is 0.573 e. The highest BCUT2D eigenvalue weighted by Crippen LogP contribution is 2.56. The van der Waals surface area contributed by atoms with Crippen LogP contribution in [0.15, 0.2) is 24.3 Å². The predicted octanol–water partition coefficient (Wildman–Crippen LogP) is 4.22. The lowest BCUT2D eigenvalue weighted by atomic mass is 9.56. The monoisotopic (exact) mass is 329 g/mol. The number of hydrogen-bond donors (Lipinski definition) is 1. The summed E-state index contributed by atoms with van der Waals surface area (Å²) in [6.07, 6.45) is -2.11. The molecule has 1 aromatic carbocycles. The summed E-state index contributed by atoms with van der Waals surface area (Å²) in [4.78, 5) is 12.4. The first kappa shape index (κ1) is 16.0. The highest BCUT2D eigenvalue weighted by Gasteiger charge is 2.46. The lowest BCUT2D eigenvalue weighted by molar-refractivity contribution is -0.274. The Bertz CT molecular complexity index is 586. The van der Waals surface area contributed by atoms with Gasteiger partial charge in [0.25, 0.3) is 0 Å². The lowest BCUT2D eigenvalue weighted by Crippen LogP contribution is -2.47. The molecule has 0 bridgehead atoms. The van der Waals surface area contributed by atoms with Crippen LogP contribution in [0.4, 0.5) is 18.0 Å². The maximum atomic E-state index is 12.3. The lowest BCUT2D eigenvalue weighted by Gasteiger charge is -2.52. The Morgan fingerprint density at radius 2 is 1.91 bits per heavy atom. The molecule has 126 valence electrons. The van der Waals surface area contributed by atoms with Crippen LogP contribution in [0.25, 0.3) is 0 Å². The Hall–Kier alpha value is -1.92. The van der Waals surface area contributed by atoms with E-state index in [-0.39, 0.29) is 17.1 Å². The van der Waals surface area contributed by atoms with Gasteiger partial charge in [-0.2, -0.15) is 0 Å². The highest BCUT2D eigenvalue weighted by atomic mass is 19.4. The third-order valence-electron chi connectivity index (χ3n) is 5.02. The largest absolute Gasteiger partial charge is 0.573 e. The van der Waals surface area contributed by atoms with Crippen LogP contribution < -0.4 is 4.74 Å². The van der Waals surface area contributed by atoms with Crippen LogP contribution in [-0.2, 0) is 0 Å². The van der Waals surface area contributed by atoms with Crippen LogP contribution in [0.5, 0.6) is 5.75 Å². The van der Waals surface area contributed by atoms with Crippen molar-refractivity contribution in [3.05, 3.63) is 29.8 Å². The molecular formula is C16H18F3NO3. The number of carboxylic acid groups (broad SMARTS) is 1. The molecule has 2 aliphatic rings. The molecule has 4 nitrogen and oxygen atoms in total. The molecule has 1 aliphatic heterocycles. The minimum Gasteiger partial charge on any atom is -0.465 e. The minimum atomic E-state index is -4.68. The molecule has 1 amide bonds. The van der Waals surface area contributed by atoms with Crippen molar-refractivity contribution in [2.24, 2.45) is 5.41 Å². The fourth-order valence-corrected chi connectivity index (χ4v) is 3.77. The number of halogens is 3. The molecule has 23 heavy (non-hydrogen) atoms. The molecule has 0 unspecified atom stereocenters. The standard InChI is InChI=1S/C16H18F3NO3/c17-16(18,19)23-13-3-1-2-11(8-13)12-9-15(10-12)4-6-20(7-5-15)14(21)22/h1-3,8,12H,4-7,9-10H2,(H,21,22). The van der Waals surface area contributed by atoms with Gasteiger partial charge in [-0.05, 0) is 54.7 Å². The zero-order chi connectivity index (χ0) is 16.7. The normalized spacial score (nSPS) is 21.1. The van der Waals surface area contributed by atoms with Crippen molar-refractivity contribution in [2.45, 2.75) is 38.0 Å². The fraction of sp³-hybridized carbons (Fsp3) is 0.562. The number of ether oxygens (including phenoxy) is 1. The molecule has 1 heterocycles. The number of likely N-dealkylation sites (tertiary alicyclic amines) is 1. The molecule has 7 heteroatoms. The predicted molar refractivity (Wildman–Crippen MR) is 76.4 cm³/mol. The zero-order valence-corrected chi connectivity index (χ0v) is 12.5. The van der Waals surface area contributed by atoms with Gasteiger partial charge in [0.05, 0.1) is 0 Å². The Balaban J connectivity index is 1.59. The molecule has 1 spiro atoms. The molecule has 1 saturated heterocycles. The van der Waals surface area contributed by atoms with E-state index in [0.29, 0.717) is 13.1 Å². The summed E-state index contributed by atoms with van der Waals surface area (Å²) in [5, 5.41) is 8.97. The smallest absolute Gasteiger partial charge is 0.465 e. The van der Waals surface area contributed by atoms with Gasteiger partial charge in [-0.25, -0.2) is 4.79 Å². The summed E-state index contributed by atoms with van der Waals surface area (Å²) >= 11 is 0. The van der Waals surface area contributed by atoms with Crippen molar-refractivity contribution >= 4 is 6.09 Å². The van der Waals surface area contributed by atoms with E-state index in [1.165, 1.54) is 17.0 Å². The Morgan fingerprint density at radius 3 is 2.48 bits per heavy atom. The van der Waals surface area contributed by atoms with Gasteiger partial charge in [-0.3, -0.25) is 0 Å². The van der Waals surface area contributed by atoms with E-state index in [4.69, 9.17) is 5.11 Å². The van der Waals surface area contributed by atoms with Gasteiger partial charge in [0.15, 0.2) is 0 Å². The average molecular weight is 329 g/mol. The molecule has 0 aromatic heterocycles. The van der Waals surface area contributed by atoms with E-state index in [9.17, 15) is 18.0 Å². The third-order valence-corrected chi connectivity index (χ3v) is 5.02. The summed E-state index contributed by atoms with van der Waals surface area (Å²) < 4.78 is 40.8. The van der Waals surface area contributed by atoms with Gasteiger partial charge >= 0.3 is 12.5 Å². The summed E-state index contributed by atoms with van der Waals surface area (Å²) in [5.74, 6) is 0.0415. The van der Waals surface area contributed by atoms with Gasteiger partial charge in [0, 0.05) is 13.1 Å². The Labute approximate surface area is 131 Å². The van der Waals surface area contributed by atoms with Crippen molar-refractivity contribution in [2.75, 3.05) is 13.1 Å². The number of alkyl halides is 3. The van der Waals surface area contributed by atoms with E-state index in [2.05, 4.69) is 4.74 Å². The fourth-order valence-electron chi connectivity index (χ4n) is 3.77. The van der Waals surface area contributed by atoms with E-state index in [0.717, 1.165) is 31.2 Å². The van der Waals surface area contributed by atoms with Crippen molar-refractivity contribution < 1.29 is 27.8 Å². The number of rotatable bonds is 2. The quantitative estimate of drug-likeness (QED) is 0.884. The van der Waals surface area contributed by atoms with Crippen molar-refractivity contribution in [3.63, 3.8) is 0 Å². The summed E-state index contributed by atoms with van der Waals surface area (Å²) in [7, 11) is 0. The summed E-state index contributed by atoms with van der Waals surface area (Å²) in [6, 6.07) is 6.16. The number of carbonyl (C=O) groups is 1. The molecule has 2 fully saturated rings. The van der Waals surface area contributed by atoms with Crippen molar-refractivity contribution in [1.82, 2.24) is 4.90 Å². The average Bonchev–Trinajstić information content (AvgIpc) is 2.43. The number of piperidine rings is 1. The van der Waals surface area contributed by atoms with Gasteiger partial charge in [0.2, 0.25) is 0 Å². The van der Waals surface area contributed by atoms with E-state index >= 15 is 0 Å². The second kappa shape index (κ2) is 5.62. The first-order valence-corrected chi connectivity index (χ1v) is 7.60. The first-order valence-electron chi connectivity index (χ1n) is 7.60. The number of amides is 1. The van der Waals surface area contributed by atoms with E-state index in [1.54, 1.807) is 6.07 Å². The number of nitrogens with zero attached hydrogens (tertiary/aromatic N) is 1. The molecule has 1 saturated carbocycles. The first-order chi connectivity index (χ1) is 10.8. The summed E-state index contributed by atoms with van der Waals surface area (Å²) in [6.45, 7) is 1.08. The van der Waals surface area contributed by atoms with Gasteiger partial charge < -0.3 is 14.7 Å².